The molecule has 0 bridgehead atoms. The first-order chi connectivity index (χ1) is 14.0. The van der Waals surface area contributed by atoms with E-state index in [0.29, 0.717) is 30.6 Å². The van der Waals surface area contributed by atoms with Crippen LogP contribution < -0.4 is 10.6 Å². The number of aromatic nitrogens is 1. The fourth-order valence-corrected chi connectivity index (χ4v) is 3.67. The molecule has 8 heteroatoms. The highest BCUT2D eigenvalue weighted by Gasteiger charge is 2.39. The van der Waals surface area contributed by atoms with Gasteiger partial charge in [0.2, 0.25) is 17.7 Å². The van der Waals surface area contributed by atoms with E-state index in [0.717, 1.165) is 11.1 Å². The molecular formula is C21H20N4O4. The zero-order valence-corrected chi connectivity index (χ0v) is 15.7. The topological polar surface area (TPSA) is 108 Å². The number of carbonyl (C=O) groups excluding carboxylic acids is 4. The van der Waals surface area contributed by atoms with Crippen LogP contribution in [0.15, 0.2) is 42.7 Å². The number of pyridine rings is 1. The molecule has 2 aromatic rings. The zero-order chi connectivity index (χ0) is 20.4. The van der Waals surface area contributed by atoms with Crippen molar-refractivity contribution in [3.8, 4) is 0 Å². The molecule has 3 heterocycles. The third-order valence-corrected chi connectivity index (χ3v) is 5.20. The highest BCUT2D eigenvalue weighted by atomic mass is 16.2. The van der Waals surface area contributed by atoms with Crippen molar-refractivity contribution in [3.63, 3.8) is 0 Å². The number of carbonyl (C=O) groups is 4. The van der Waals surface area contributed by atoms with Gasteiger partial charge in [-0.1, -0.05) is 12.1 Å². The maximum atomic E-state index is 12.8. The van der Waals surface area contributed by atoms with Crippen LogP contribution >= 0.6 is 0 Å². The number of hydrogen-bond acceptors (Lipinski definition) is 5. The van der Waals surface area contributed by atoms with Gasteiger partial charge in [0, 0.05) is 43.0 Å². The number of nitrogens with one attached hydrogen (secondary N) is 2. The Bertz CT molecular complexity index is 989. The first-order valence-corrected chi connectivity index (χ1v) is 9.47. The van der Waals surface area contributed by atoms with Crippen LogP contribution in [0.1, 0.15) is 40.7 Å². The number of amides is 4. The molecule has 1 fully saturated rings. The van der Waals surface area contributed by atoms with Crippen molar-refractivity contribution in [1.82, 2.24) is 15.2 Å². The Morgan fingerprint density at radius 2 is 1.97 bits per heavy atom. The summed E-state index contributed by atoms with van der Waals surface area (Å²) in [6.07, 6.45) is 4.56. The first-order valence-electron chi connectivity index (χ1n) is 9.47. The van der Waals surface area contributed by atoms with Gasteiger partial charge in [-0.2, -0.15) is 0 Å². The van der Waals surface area contributed by atoms with E-state index in [1.54, 1.807) is 30.6 Å². The highest BCUT2D eigenvalue weighted by Crippen LogP contribution is 2.28. The minimum Gasteiger partial charge on any atom is -0.326 e. The lowest BCUT2D eigenvalue weighted by Gasteiger charge is -2.29. The van der Waals surface area contributed by atoms with Crippen LogP contribution in [0.25, 0.3) is 0 Å². The van der Waals surface area contributed by atoms with E-state index in [2.05, 4.69) is 15.6 Å². The minimum absolute atomic E-state index is 0.117. The predicted octanol–water partition coefficient (Wildman–Crippen LogP) is 1.41. The van der Waals surface area contributed by atoms with Crippen molar-refractivity contribution in [2.75, 3.05) is 5.32 Å². The molecule has 4 rings (SSSR count). The number of piperidine rings is 1. The molecule has 0 aliphatic carbocycles. The molecule has 2 N–H and O–H groups in total. The maximum Gasteiger partial charge on any atom is 0.255 e. The summed E-state index contributed by atoms with van der Waals surface area (Å²) in [6, 6.07) is 8.38. The standard InChI is InChI=1S/C21H20N4O4/c26-18(23-15-7-9-22-10-8-15)5-2-13-1-3-14-12-25(21(29)16(14)11-13)17-4-6-19(27)24-20(17)28/h1,3,7-11,17H,2,4-6,12H2,(H,22,23,26)(H,24,27,28). The van der Waals surface area contributed by atoms with Crippen molar-refractivity contribution in [2.24, 2.45) is 0 Å². The largest absolute Gasteiger partial charge is 0.326 e. The van der Waals surface area contributed by atoms with Gasteiger partial charge >= 0.3 is 0 Å². The SMILES string of the molecule is O=C1CCC(N2Cc3ccc(CCC(=O)Nc4ccncc4)cc3C2=O)C(=O)N1. The molecule has 1 atom stereocenters. The van der Waals surface area contributed by atoms with Gasteiger partial charge in [0.15, 0.2) is 0 Å². The van der Waals surface area contributed by atoms with Gasteiger partial charge in [-0.15, -0.1) is 0 Å². The summed E-state index contributed by atoms with van der Waals surface area (Å²) in [5, 5.41) is 5.10. The molecule has 2 aliphatic rings. The van der Waals surface area contributed by atoms with Gasteiger partial charge in [0.25, 0.3) is 5.91 Å². The summed E-state index contributed by atoms with van der Waals surface area (Å²) in [4.78, 5) is 53.8. The smallest absolute Gasteiger partial charge is 0.255 e. The van der Waals surface area contributed by atoms with Crippen LogP contribution in [0.5, 0.6) is 0 Å². The Morgan fingerprint density at radius 1 is 1.17 bits per heavy atom. The Kier molecular flexibility index (Phi) is 5.07. The average Bonchev–Trinajstić information content (AvgIpc) is 3.03. The molecule has 4 amide bonds. The van der Waals surface area contributed by atoms with Crippen LogP contribution in [-0.2, 0) is 27.3 Å². The van der Waals surface area contributed by atoms with E-state index in [1.807, 2.05) is 12.1 Å². The number of nitrogens with zero attached hydrogens (tertiary/aromatic N) is 2. The molecule has 1 aromatic carbocycles. The summed E-state index contributed by atoms with van der Waals surface area (Å²) in [7, 11) is 0. The summed E-state index contributed by atoms with van der Waals surface area (Å²) in [5.74, 6) is -1.05. The van der Waals surface area contributed by atoms with Crippen LogP contribution in [0, 0.1) is 0 Å². The molecule has 1 saturated heterocycles. The van der Waals surface area contributed by atoms with Crippen molar-refractivity contribution in [2.45, 2.75) is 38.3 Å². The molecule has 0 saturated carbocycles. The zero-order valence-electron chi connectivity index (χ0n) is 15.7. The minimum atomic E-state index is -0.623. The molecule has 0 radical (unpaired) electrons. The quantitative estimate of drug-likeness (QED) is 0.748. The fourth-order valence-electron chi connectivity index (χ4n) is 3.67. The van der Waals surface area contributed by atoms with E-state index in [1.165, 1.54) is 4.90 Å². The van der Waals surface area contributed by atoms with Gasteiger partial charge in [-0.3, -0.25) is 29.5 Å². The lowest BCUT2D eigenvalue weighted by atomic mass is 10.0. The van der Waals surface area contributed by atoms with Gasteiger partial charge in [-0.05, 0) is 42.2 Å². The predicted molar refractivity (Wildman–Crippen MR) is 104 cm³/mol. The van der Waals surface area contributed by atoms with E-state index >= 15 is 0 Å². The Morgan fingerprint density at radius 3 is 2.72 bits per heavy atom. The Hall–Kier alpha value is -3.55. The van der Waals surface area contributed by atoms with E-state index < -0.39 is 11.9 Å². The van der Waals surface area contributed by atoms with Crippen molar-refractivity contribution >= 4 is 29.3 Å². The first kappa shape index (κ1) is 18.8. The second kappa shape index (κ2) is 7.83. The molecule has 29 heavy (non-hydrogen) atoms. The number of anilines is 1. The molecule has 1 unspecified atom stereocenters. The van der Waals surface area contributed by atoms with Crippen LogP contribution in [-0.4, -0.2) is 39.6 Å². The highest BCUT2D eigenvalue weighted by molar-refractivity contribution is 6.05. The third kappa shape index (κ3) is 4.01. The monoisotopic (exact) mass is 392 g/mol. The lowest BCUT2D eigenvalue weighted by molar-refractivity contribution is -0.137. The second-order valence-electron chi connectivity index (χ2n) is 7.18. The number of hydrogen-bond donors (Lipinski definition) is 2. The summed E-state index contributed by atoms with van der Waals surface area (Å²) >= 11 is 0. The number of rotatable bonds is 5. The molecule has 0 spiro atoms. The Balaban J connectivity index is 1.39. The number of imide groups is 1. The molecule has 8 nitrogen and oxygen atoms in total. The summed E-state index contributed by atoms with van der Waals surface area (Å²) in [5.41, 5.74) is 2.98. The Labute approximate surface area is 167 Å². The van der Waals surface area contributed by atoms with Gasteiger partial charge in [0.1, 0.15) is 6.04 Å². The number of fused-ring (bicyclic) bond motifs is 1. The number of aryl methyl sites for hydroxylation is 1. The molecule has 1 aromatic heterocycles. The molecular weight excluding hydrogens is 372 g/mol. The summed E-state index contributed by atoms with van der Waals surface area (Å²) in [6.45, 7) is 0.350. The fraction of sp³-hybridized carbons (Fsp3) is 0.286. The van der Waals surface area contributed by atoms with Crippen LogP contribution in [0.3, 0.4) is 0 Å². The average molecular weight is 392 g/mol. The third-order valence-electron chi connectivity index (χ3n) is 5.20. The van der Waals surface area contributed by atoms with Gasteiger partial charge < -0.3 is 10.2 Å². The van der Waals surface area contributed by atoms with Crippen molar-refractivity contribution in [1.29, 1.82) is 0 Å². The molecule has 148 valence electrons. The number of benzene rings is 1. The normalized spacial score (nSPS) is 18.4. The second-order valence-corrected chi connectivity index (χ2v) is 7.18. The van der Waals surface area contributed by atoms with Crippen LogP contribution in [0.4, 0.5) is 5.69 Å². The van der Waals surface area contributed by atoms with Crippen molar-refractivity contribution in [3.05, 3.63) is 59.4 Å². The maximum absolute atomic E-state index is 12.8. The van der Waals surface area contributed by atoms with E-state index in [4.69, 9.17) is 0 Å². The summed E-state index contributed by atoms with van der Waals surface area (Å²) < 4.78 is 0. The van der Waals surface area contributed by atoms with E-state index in [9.17, 15) is 19.2 Å². The van der Waals surface area contributed by atoms with E-state index in [-0.39, 0.29) is 30.6 Å². The van der Waals surface area contributed by atoms with Gasteiger partial charge in [-0.25, -0.2) is 0 Å². The van der Waals surface area contributed by atoms with Gasteiger partial charge in [0.05, 0.1) is 0 Å². The molecule has 2 aliphatic heterocycles. The lowest BCUT2D eigenvalue weighted by Crippen LogP contribution is -2.52. The van der Waals surface area contributed by atoms with Crippen LogP contribution in [0.2, 0.25) is 0 Å². The van der Waals surface area contributed by atoms with Crippen molar-refractivity contribution < 1.29 is 19.2 Å².